The van der Waals surface area contributed by atoms with E-state index in [2.05, 4.69) is 10.3 Å². The summed E-state index contributed by atoms with van der Waals surface area (Å²) in [6.07, 6.45) is 1.57. The van der Waals surface area contributed by atoms with E-state index in [0.29, 0.717) is 18.7 Å². The van der Waals surface area contributed by atoms with Crippen molar-refractivity contribution in [2.24, 2.45) is 0 Å². The van der Waals surface area contributed by atoms with Gasteiger partial charge in [-0.2, -0.15) is 4.39 Å². The van der Waals surface area contributed by atoms with Crippen LogP contribution in [0, 0.1) is 5.95 Å². The highest BCUT2D eigenvalue weighted by molar-refractivity contribution is 4.95. The third-order valence-corrected chi connectivity index (χ3v) is 1.52. The molecule has 0 aliphatic rings. The highest BCUT2D eigenvalue weighted by Gasteiger charge is 2.08. The van der Waals surface area contributed by atoms with Gasteiger partial charge in [0.2, 0.25) is 5.95 Å². The molecule has 0 saturated heterocycles. The van der Waals surface area contributed by atoms with E-state index in [-0.39, 0.29) is 5.95 Å². The van der Waals surface area contributed by atoms with Crippen molar-refractivity contribution in [3.8, 4) is 0 Å². The fourth-order valence-corrected chi connectivity index (χ4v) is 0.929. The number of hydrogen-bond acceptors (Lipinski definition) is 2. The van der Waals surface area contributed by atoms with Crippen LogP contribution in [-0.2, 0) is 13.0 Å². The fraction of sp³-hybridized carbons (Fsp3) is 0.714. The van der Waals surface area contributed by atoms with Crippen LogP contribution in [0.3, 0.4) is 0 Å². The van der Waals surface area contributed by atoms with Gasteiger partial charge >= 0.3 is 0 Å². The van der Waals surface area contributed by atoms with E-state index in [4.69, 9.17) is 0 Å². The summed E-state index contributed by atoms with van der Waals surface area (Å²) in [5.41, 5.74) is 0.481. The van der Waals surface area contributed by atoms with Gasteiger partial charge in [0.25, 0.3) is 0 Å². The van der Waals surface area contributed by atoms with Crippen LogP contribution in [0.2, 0.25) is 0 Å². The smallest absolute Gasteiger partial charge is 0.219 e. The minimum atomic E-state index is -0.283. The minimum Gasteiger partial charge on any atom is -0.219 e. The van der Waals surface area contributed by atoms with Crippen LogP contribution < -0.4 is 0 Å². The summed E-state index contributed by atoms with van der Waals surface area (Å²) < 4.78 is 14.3. The largest absolute Gasteiger partial charge is 0.234 e. The Morgan fingerprint density at radius 1 is 1.45 bits per heavy atom. The van der Waals surface area contributed by atoms with Crippen LogP contribution in [0.1, 0.15) is 26.0 Å². The summed E-state index contributed by atoms with van der Waals surface area (Å²) in [5.74, 6) is -0.283. The summed E-state index contributed by atoms with van der Waals surface area (Å²) in [7, 11) is 0. The molecule has 0 bridgehead atoms. The number of aryl methyl sites for hydroxylation is 2. The first-order chi connectivity index (χ1) is 5.29. The number of halogens is 1. The van der Waals surface area contributed by atoms with E-state index >= 15 is 0 Å². The average Bonchev–Trinajstić information content (AvgIpc) is 2.34. The van der Waals surface area contributed by atoms with E-state index in [1.165, 1.54) is 4.68 Å². The van der Waals surface area contributed by atoms with Crippen molar-refractivity contribution in [3.05, 3.63) is 11.6 Å². The molecule has 0 N–H and O–H groups in total. The molecule has 1 heterocycles. The Balaban J connectivity index is 2.82. The maximum absolute atomic E-state index is 13.1. The predicted octanol–water partition coefficient (Wildman–Crippen LogP) is 1.39. The first kappa shape index (κ1) is 8.17. The van der Waals surface area contributed by atoms with Crippen molar-refractivity contribution in [1.82, 2.24) is 15.0 Å². The molecule has 11 heavy (non-hydrogen) atoms. The maximum Gasteiger partial charge on any atom is 0.234 e. The molecule has 1 aromatic heterocycles. The molecule has 0 radical (unpaired) electrons. The highest BCUT2D eigenvalue weighted by Crippen LogP contribution is 2.04. The molecule has 0 aromatic carbocycles. The molecule has 3 nitrogen and oxygen atoms in total. The lowest BCUT2D eigenvalue weighted by Gasteiger charge is -1.93. The molecule has 4 heteroatoms. The normalized spacial score (nSPS) is 10.5. The van der Waals surface area contributed by atoms with Gasteiger partial charge in [-0.25, -0.2) is 4.68 Å². The topological polar surface area (TPSA) is 30.7 Å². The number of aromatic nitrogens is 3. The number of nitrogens with zero attached hydrogens (tertiary/aromatic N) is 3. The summed E-state index contributed by atoms with van der Waals surface area (Å²) in [6.45, 7) is 4.38. The number of hydrogen-bond donors (Lipinski definition) is 0. The third kappa shape index (κ3) is 1.56. The lowest BCUT2D eigenvalue weighted by Crippen LogP contribution is -2.00. The second-order valence-electron chi connectivity index (χ2n) is 2.39. The van der Waals surface area contributed by atoms with E-state index in [9.17, 15) is 4.39 Å². The Bertz CT molecular complexity index is 232. The maximum atomic E-state index is 13.1. The number of rotatable bonds is 3. The van der Waals surface area contributed by atoms with Crippen molar-refractivity contribution in [1.29, 1.82) is 0 Å². The summed E-state index contributed by atoms with van der Waals surface area (Å²) in [4.78, 5) is 0. The molecule has 0 fully saturated rings. The van der Waals surface area contributed by atoms with E-state index in [1.807, 2.05) is 13.8 Å². The second-order valence-corrected chi connectivity index (χ2v) is 2.39. The molecule has 0 aliphatic carbocycles. The Morgan fingerprint density at radius 2 is 2.18 bits per heavy atom. The Labute approximate surface area is 65.2 Å². The lowest BCUT2D eigenvalue weighted by atomic mass is 10.3. The van der Waals surface area contributed by atoms with E-state index in [1.54, 1.807) is 0 Å². The second kappa shape index (κ2) is 3.46. The van der Waals surface area contributed by atoms with Crippen molar-refractivity contribution in [2.45, 2.75) is 33.2 Å². The summed E-state index contributed by atoms with van der Waals surface area (Å²) in [5, 5.41) is 7.36. The molecule has 62 valence electrons. The summed E-state index contributed by atoms with van der Waals surface area (Å²) in [6, 6.07) is 0. The zero-order chi connectivity index (χ0) is 8.27. The van der Waals surface area contributed by atoms with Gasteiger partial charge in [-0.05, 0) is 13.3 Å². The first-order valence-electron chi connectivity index (χ1n) is 3.87. The molecule has 0 saturated carbocycles. The molecule has 0 aliphatic heterocycles. The van der Waals surface area contributed by atoms with Crippen LogP contribution in [0.15, 0.2) is 0 Å². The Kier molecular flexibility index (Phi) is 2.57. The standard InChI is InChI=1S/C7H12FN3/c1-3-5-6-7(8)11(4-2)10-9-6/h3-5H2,1-2H3. The molecule has 0 atom stereocenters. The Morgan fingerprint density at radius 3 is 2.64 bits per heavy atom. The summed E-state index contributed by atoms with van der Waals surface area (Å²) >= 11 is 0. The zero-order valence-corrected chi connectivity index (χ0v) is 6.84. The predicted molar refractivity (Wildman–Crippen MR) is 39.6 cm³/mol. The van der Waals surface area contributed by atoms with Gasteiger partial charge in [-0.3, -0.25) is 0 Å². The van der Waals surface area contributed by atoms with E-state index < -0.39 is 0 Å². The van der Waals surface area contributed by atoms with Crippen LogP contribution in [0.25, 0.3) is 0 Å². The third-order valence-electron chi connectivity index (χ3n) is 1.52. The van der Waals surface area contributed by atoms with Crippen LogP contribution >= 0.6 is 0 Å². The first-order valence-corrected chi connectivity index (χ1v) is 3.87. The zero-order valence-electron chi connectivity index (χ0n) is 6.84. The molecular formula is C7H12FN3. The molecule has 1 rings (SSSR count). The average molecular weight is 157 g/mol. The quantitative estimate of drug-likeness (QED) is 0.663. The molecule has 1 aromatic rings. The minimum absolute atomic E-state index is 0.283. The SMILES string of the molecule is CCCc1nnn(CC)c1F. The van der Waals surface area contributed by atoms with Crippen molar-refractivity contribution >= 4 is 0 Å². The van der Waals surface area contributed by atoms with Gasteiger partial charge in [-0.15, -0.1) is 5.10 Å². The van der Waals surface area contributed by atoms with Crippen molar-refractivity contribution < 1.29 is 4.39 Å². The molecule has 0 spiro atoms. The van der Waals surface area contributed by atoms with Gasteiger partial charge in [-0.1, -0.05) is 18.6 Å². The van der Waals surface area contributed by atoms with Gasteiger partial charge in [0, 0.05) is 6.54 Å². The Hall–Kier alpha value is -0.930. The molecular weight excluding hydrogens is 145 g/mol. The van der Waals surface area contributed by atoms with Crippen LogP contribution in [-0.4, -0.2) is 15.0 Å². The van der Waals surface area contributed by atoms with Crippen LogP contribution in [0.5, 0.6) is 0 Å². The van der Waals surface area contributed by atoms with E-state index in [0.717, 1.165) is 6.42 Å². The van der Waals surface area contributed by atoms with Gasteiger partial charge in [0.1, 0.15) is 5.69 Å². The molecule has 0 amide bonds. The van der Waals surface area contributed by atoms with Gasteiger partial charge in [0.15, 0.2) is 0 Å². The van der Waals surface area contributed by atoms with Crippen LogP contribution in [0.4, 0.5) is 4.39 Å². The fourth-order valence-electron chi connectivity index (χ4n) is 0.929. The van der Waals surface area contributed by atoms with Gasteiger partial charge < -0.3 is 0 Å². The van der Waals surface area contributed by atoms with Gasteiger partial charge in [0.05, 0.1) is 0 Å². The monoisotopic (exact) mass is 157 g/mol. The van der Waals surface area contributed by atoms with Crippen molar-refractivity contribution in [2.75, 3.05) is 0 Å². The lowest BCUT2D eigenvalue weighted by molar-refractivity contribution is 0.461. The van der Waals surface area contributed by atoms with Crippen molar-refractivity contribution in [3.63, 3.8) is 0 Å². The molecule has 0 unspecified atom stereocenters. The highest BCUT2D eigenvalue weighted by atomic mass is 19.1.